The third-order valence-electron chi connectivity index (χ3n) is 3.68. The van der Waals surface area contributed by atoms with Crippen LogP contribution in [0.4, 0.5) is 8.78 Å². The minimum Gasteiger partial charge on any atom is -0.494 e. The van der Waals surface area contributed by atoms with E-state index in [0.717, 1.165) is 0 Å². The van der Waals surface area contributed by atoms with Crippen molar-refractivity contribution in [2.75, 3.05) is 13.7 Å². The van der Waals surface area contributed by atoms with Gasteiger partial charge in [-0.05, 0) is 42.3 Å². The zero-order valence-corrected chi connectivity index (χ0v) is 13.5. The predicted molar refractivity (Wildman–Crippen MR) is 85.6 cm³/mol. The number of aliphatic hydroxyl groups is 1. The summed E-state index contributed by atoms with van der Waals surface area (Å²) >= 11 is 0. The quantitative estimate of drug-likeness (QED) is 0.853. The summed E-state index contributed by atoms with van der Waals surface area (Å²) in [5.74, 6) is -1.19. The Labute approximate surface area is 139 Å². The second-order valence-corrected chi connectivity index (χ2v) is 5.70. The zero-order valence-electron chi connectivity index (χ0n) is 13.5. The summed E-state index contributed by atoms with van der Waals surface area (Å²) < 4.78 is 31.3. The van der Waals surface area contributed by atoms with Gasteiger partial charge in [0.25, 0.3) is 0 Å². The molecule has 2 rings (SSSR count). The molecule has 0 saturated heterocycles. The summed E-state index contributed by atoms with van der Waals surface area (Å²) in [5, 5.41) is 13.0. The smallest absolute Gasteiger partial charge is 0.224 e. The van der Waals surface area contributed by atoms with Gasteiger partial charge in [0.05, 0.1) is 20.1 Å². The second-order valence-electron chi connectivity index (χ2n) is 5.70. The minimum absolute atomic E-state index is 0.0274. The standard InChI is InChI=1S/C18H19F2NO3/c1-18(23,13-4-6-14(19)7-5-13)11-21-17(22)10-12-3-8-16(24-2)15(20)9-12/h3-9,23H,10-11H2,1-2H3,(H,21,22). The highest BCUT2D eigenvalue weighted by Crippen LogP contribution is 2.20. The van der Waals surface area contributed by atoms with Crippen molar-refractivity contribution in [3.05, 3.63) is 65.2 Å². The van der Waals surface area contributed by atoms with Gasteiger partial charge in [0.1, 0.15) is 11.4 Å². The third-order valence-corrected chi connectivity index (χ3v) is 3.68. The van der Waals surface area contributed by atoms with Crippen LogP contribution in [0.25, 0.3) is 0 Å². The number of halogens is 2. The van der Waals surface area contributed by atoms with Gasteiger partial charge in [-0.2, -0.15) is 0 Å². The normalized spacial score (nSPS) is 13.2. The van der Waals surface area contributed by atoms with Gasteiger partial charge in [-0.15, -0.1) is 0 Å². The van der Waals surface area contributed by atoms with Crippen LogP contribution in [0.3, 0.4) is 0 Å². The van der Waals surface area contributed by atoms with Crippen LogP contribution in [0.2, 0.25) is 0 Å². The molecule has 0 fully saturated rings. The lowest BCUT2D eigenvalue weighted by Gasteiger charge is -2.24. The number of rotatable bonds is 6. The molecule has 24 heavy (non-hydrogen) atoms. The van der Waals surface area contributed by atoms with Crippen LogP contribution in [-0.2, 0) is 16.8 Å². The van der Waals surface area contributed by atoms with E-state index in [1.807, 2.05) is 0 Å². The molecule has 0 aliphatic heterocycles. The molecule has 0 aliphatic rings. The number of carbonyl (C=O) groups excluding carboxylic acids is 1. The molecular formula is C18H19F2NO3. The van der Waals surface area contributed by atoms with Gasteiger partial charge in [-0.1, -0.05) is 18.2 Å². The minimum atomic E-state index is -1.34. The lowest BCUT2D eigenvalue weighted by Crippen LogP contribution is -2.39. The Balaban J connectivity index is 1.95. The maximum absolute atomic E-state index is 13.6. The van der Waals surface area contributed by atoms with Gasteiger partial charge in [0.2, 0.25) is 5.91 Å². The largest absolute Gasteiger partial charge is 0.494 e. The van der Waals surface area contributed by atoms with Gasteiger partial charge in [-0.25, -0.2) is 8.78 Å². The molecule has 0 radical (unpaired) electrons. The van der Waals surface area contributed by atoms with Crippen molar-refractivity contribution in [1.82, 2.24) is 5.32 Å². The summed E-state index contributed by atoms with van der Waals surface area (Å²) in [6.07, 6.45) is -0.0274. The van der Waals surface area contributed by atoms with Crippen molar-refractivity contribution in [1.29, 1.82) is 0 Å². The fourth-order valence-corrected chi connectivity index (χ4v) is 2.25. The predicted octanol–water partition coefficient (Wildman–Crippen LogP) is 2.54. The first-order valence-corrected chi connectivity index (χ1v) is 7.39. The number of hydrogen-bond acceptors (Lipinski definition) is 3. The molecule has 6 heteroatoms. The van der Waals surface area contributed by atoms with Crippen LogP contribution < -0.4 is 10.1 Å². The first-order chi connectivity index (χ1) is 11.3. The fraction of sp³-hybridized carbons (Fsp3) is 0.278. The van der Waals surface area contributed by atoms with Crippen LogP contribution in [0.15, 0.2) is 42.5 Å². The molecular weight excluding hydrogens is 316 g/mol. The van der Waals surface area contributed by atoms with Crippen LogP contribution in [0.5, 0.6) is 5.75 Å². The van der Waals surface area contributed by atoms with Gasteiger partial charge in [0.15, 0.2) is 11.6 Å². The highest BCUT2D eigenvalue weighted by Gasteiger charge is 2.23. The molecule has 0 aliphatic carbocycles. The van der Waals surface area contributed by atoms with E-state index in [4.69, 9.17) is 4.74 Å². The van der Waals surface area contributed by atoms with E-state index < -0.39 is 17.2 Å². The van der Waals surface area contributed by atoms with Crippen molar-refractivity contribution < 1.29 is 23.4 Å². The Morgan fingerprint density at radius 1 is 1.21 bits per heavy atom. The second kappa shape index (κ2) is 7.40. The van der Waals surface area contributed by atoms with Crippen molar-refractivity contribution in [2.24, 2.45) is 0 Å². The third kappa shape index (κ3) is 4.52. The van der Waals surface area contributed by atoms with Crippen LogP contribution in [0, 0.1) is 11.6 Å². The molecule has 2 N–H and O–H groups in total. The molecule has 0 bridgehead atoms. The highest BCUT2D eigenvalue weighted by atomic mass is 19.1. The number of carbonyl (C=O) groups is 1. The van der Waals surface area contributed by atoms with E-state index in [1.54, 1.807) is 6.07 Å². The molecule has 0 saturated carbocycles. The molecule has 128 valence electrons. The fourth-order valence-electron chi connectivity index (χ4n) is 2.25. The molecule has 0 aromatic heterocycles. The average molecular weight is 335 g/mol. The molecule has 0 heterocycles. The summed E-state index contributed by atoms with van der Waals surface area (Å²) in [4.78, 5) is 12.0. The van der Waals surface area contributed by atoms with Crippen molar-refractivity contribution in [3.8, 4) is 5.75 Å². The number of ether oxygens (including phenoxy) is 1. The first kappa shape index (κ1) is 17.9. The van der Waals surface area contributed by atoms with Gasteiger partial charge >= 0.3 is 0 Å². The van der Waals surface area contributed by atoms with E-state index in [1.165, 1.54) is 50.4 Å². The summed E-state index contributed by atoms with van der Waals surface area (Å²) in [6.45, 7) is 1.48. The highest BCUT2D eigenvalue weighted by molar-refractivity contribution is 5.78. The Hall–Kier alpha value is -2.47. The van der Waals surface area contributed by atoms with E-state index in [9.17, 15) is 18.7 Å². The topological polar surface area (TPSA) is 58.6 Å². The summed E-state index contributed by atoms with van der Waals surface area (Å²) in [6, 6.07) is 9.68. The molecule has 0 spiro atoms. The van der Waals surface area contributed by atoms with E-state index in [0.29, 0.717) is 11.1 Å². The number of nitrogens with one attached hydrogen (secondary N) is 1. The Kier molecular flexibility index (Phi) is 5.51. The number of hydrogen-bond donors (Lipinski definition) is 2. The van der Waals surface area contributed by atoms with E-state index in [2.05, 4.69) is 5.32 Å². The van der Waals surface area contributed by atoms with E-state index >= 15 is 0 Å². The lowest BCUT2D eigenvalue weighted by molar-refractivity contribution is -0.121. The Morgan fingerprint density at radius 3 is 2.46 bits per heavy atom. The van der Waals surface area contributed by atoms with Crippen LogP contribution >= 0.6 is 0 Å². The first-order valence-electron chi connectivity index (χ1n) is 7.39. The Bertz CT molecular complexity index is 715. The van der Waals surface area contributed by atoms with Crippen LogP contribution in [0.1, 0.15) is 18.1 Å². The van der Waals surface area contributed by atoms with Crippen molar-refractivity contribution in [2.45, 2.75) is 18.9 Å². The average Bonchev–Trinajstić information content (AvgIpc) is 2.54. The van der Waals surface area contributed by atoms with Gasteiger partial charge in [-0.3, -0.25) is 4.79 Å². The van der Waals surface area contributed by atoms with Crippen molar-refractivity contribution >= 4 is 5.91 Å². The molecule has 1 atom stereocenters. The monoisotopic (exact) mass is 335 g/mol. The molecule has 4 nitrogen and oxygen atoms in total. The maximum Gasteiger partial charge on any atom is 0.224 e. The Morgan fingerprint density at radius 2 is 1.88 bits per heavy atom. The van der Waals surface area contributed by atoms with Gasteiger partial charge < -0.3 is 15.2 Å². The van der Waals surface area contributed by atoms with Crippen molar-refractivity contribution in [3.63, 3.8) is 0 Å². The zero-order chi connectivity index (χ0) is 17.7. The van der Waals surface area contributed by atoms with E-state index in [-0.39, 0.29) is 24.6 Å². The number of benzene rings is 2. The maximum atomic E-state index is 13.6. The SMILES string of the molecule is COc1ccc(CC(=O)NCC(C)(O)c2ccc(F)cc2)cc1F. The number of methoxy groups -OCH3 is 1. The van der Waals surface area contributed by atoms with Crippen LogP contribution in [-0.4, -0.2) is 24.7 Å². The number of amides is 1. The summed E-state index contributed by atoms with van der Waals surface area (Å²) in [7, 11) is 1.36. The molecule has 2 aromatic carbocycles. The summed E-state index contributed by atoms with van der Waals surface area (Å²) in [5.41, 5.74) is -0.360. The molecule has 1 amide bonds. The van der Waals surface area contributed by atoms with Gasteiger partial charge in [0, 0.05) is 0 Å². The molecule has 2 aromatic rings. The molecule has 1 unspecified atom stereocenters. The lowest BCUT2D eigenvalue weighted by atomic mass is 9.96.